The topological polar surface area (TPSA) is 70.2 Å². The SMILES string of the molecule is O=C(NC1CCC2NNCC2C1)c1ccccc1C(=O)c1ccccc1. The highest BCUT2D eigenvalue weighted by molar-refractivity contribution is 6.15. The maximum Gasteiger partial charge on any atom is 0.252 e. The average Bonchev–Trinajstić information content (AvgIpc) is 3.16. The lowest BCUT2D eigenvalue weighted by atomic mass is 9.83. The minimum Gasteiger partial charge on any atom is -0.349 e. The molecule has 26 heavy (non-hydrogen) atoms. The van der Waals surface area contributed by atoms with Gasteiger partial charge in [-0.3, -0.25) is 20.4 Å². The van der Waals surface area contributed by atoms with Crippen molar-refractivity contribution in [1.82, 2.24) is 16.2 Å². The Balaban J connectivity index is 1.51. The lowest BCUT2D eigenvalue weighted by Crippen LogP contribution is -2.44. The number of benzene rings is 2. The van der Waals surface area contributed by atoms with Crippen LogP contribution in [0.5, 0.6) is 0 Å². The molecule has 1 saturated heterocycles. The third-order valence-electron chi connectivity index (χ3n) is 5.42. The van der Waals surface area contributed by atoms with Crippen LogP contribution in [0.3, 0.4) is 0 Å². The Kier molecular flexibility index (Phi) is 4.82. The second-order valence-electron chi connectivity index (χ2n) is 7.12. The van der Waals surface area contributed by atoms with Crippen molar-refractivity contribution in [2.75, 3.05) is 6.54 Å². The van der Waals surface area contributed by atoms with Gasteiger partial charge in [-0.2, -0.15) is 0 Å². The maximum absolute atomic E-state index is 12.9. The van der Waals surface area contributed by atoms with E-state index in [-0.39, 0.29) is 17.7 Å². The van der Waals surface area contributed by atoms with Gasteiger partial charge in [0, 0.05) is 29.8 Å². The van der Waals surface area contributed by atoms with E-state index in [9.17, 15) is 9.59 Å². The van der Waals surface area contributed by atoms with Crippen molar-refractivity contribution in [3.05, 3.63) is 71.3 Å². The van der Waals surface area contributed by atoms with Crippen LogP contribution in [0, 0.1) is 5.92 Å². The van der Waals surface area contributed by atoms with E-state index in [2.05, 4.69) is 16.2 Å². The first-order valence-corrected chi connectivity index (χ1v) is 9.20. The molecule has 1 aliphatic carbocycles. The molecule has 2 aliphatic rings. The number of ketones is 1. The summed E-state index contributed by atoms with van der Waals surface area (Å²) in [5, 5.41) is 3.15. The fraction of sp³-hybridized carbons (Fsp3) is 0.333. The van der Waals surface area contributed by atoms with Crippen molar-refractivity contribution in [3.63, 3.8) is 0 Å². The van der Waals surface area contributed by atoms with Crippen molar-refractivity contribution in [3.8, 4) is 0 Å². The van der Waals surface area contributed by atoms with Crippen molar-refractivity contribution >= 4 is 11.7 Å². The summed E-state index contributed by atoms with van der Waals surface area (Å²) >= 11 is 0. The van der Waals surface area contributed by atoms with Gasteiger partial charge in [-0.05, 0) is 31.2 Å². The number of rotatable bonds is 4. The molecule has 4 rings (SSSR count). The molecule has 2 fully saturated rings. The van der Waals surface area contributed by atoms with E-state index in [0.29, 0.717) is 28.7 Å². The van der Waals surface area contributed by atoms with Crippen LogP contribution >= 0.6 is 0 Å². The van der Waals surface area contributed by atoms with Gasteiger partial charge < -0.3 is 5.32 Å². The first-order valence-electron chi connectivity index (χ1n) is 9.20. The maximum atomic E-state index is 12.9. The van der Waals surface area contributed by atoms with Gasteiger partial charge in [-0.1, -0.05) is 48.5 Å². The van der Waals surface area contributed by atoms with Crippen molar-refractivity contribution in [2.45, 2.75) is 31.3 Å². The van der Waals surface area contributed by atoms with Gasteiger partial charge in [-0.25, -0.2) is 0 Å². The summed E-state index contributed by atoms with van der Waals surface area (Å²) in [6.45, 7) is 0.945. The third-order valence-corrected chi connectivity index (χ3v) is 5.42. The quantitative estimate of drug-likeness (QED) is 0.741. The summed E-state index contributed by atoms with van der Waals surface area (Å²) in [4.78, 5) is 25.7. The van der Waals surface area contributed by atoms with Crippen LogP contribution in [0.25, 0.3) is 0 Å². The van der Waals surface area contributed by atoms with Crippen molar-refractivity contribution in [2.24, 2.45) is 5.92 Å². The number of hydrogen-bond acceptors (Lipinski definition) is 4. The molecule has 3 unspecified atom stereocenters. The molecule has 1 amide bonds. The molecular weight excluding hydrogens is 326 g/mol. The van der Waals surface area contributed by atoms with E-state index in [4.69, 9.17) is 0 Å². The molecule has 0 spiro atoms. The van der Waals surface area contributed by atoms with E-state index in [1.165, 1.54) is 0 Å². The van der Waals surface area contributed by atoms with Crippen molar-refractivity contribution < 1.29 is 9.59 Å². The summed E-state index contributed by atoms with van der Waals surface area (Å²) < 4.78 is 0. The molecule has 2 aromatic carbocycles. The van der Waals surface area contributed by atoms with E-state index in [1.54, 1.807) is 36.4 Å². The molecular formula is C21H23N3O2. The second kappa shape index (κ2) is 7.40. The highest BCUT2D eigenvalue weighted by Gasteiger charge is 2.34. The number of nitrogens with one attached hydrogen (secondary N) is 3. The minimum absolute atomic E-state index is 0.121. The number of hydrogen-bond donors (Lipinski definition) is 3. The van der Waals surface area contributed by atoms with E-state index < -0.39 is 0 Å². The molecule has 5 nitrogen and oxygen atoms in total. The zero-order chi connectivity index (χ0) is 17.9. The number of fused-ring (bicyclic) bond motifs is 1. The van der Waals surface area contributed by atoms with Crippen LogP contribution in [0.4, 0.5) is 0 Å². The Labute approximate surface area is 153 Å². The van der Waals surface area contributed by atoms with Gasteiger partial charge in [0.2, 0.25) is 0 Å². The van der Waals surface area contributed by atoms with Crippen LogP contribution in [-0.2, 0) is 0 Å². The van der Waals surface area contributed by atoms with Crippen LogP contribution in [-0.4, -0.2) is 30.3 Å². The van der Waals surface area contributed by atoms with Crippen LogP contribution < -0.4 is 16.2 Å². The number of carbonyl (C=O) groups excluding carboxylic acids is 2. The summed E-state index contributed by atoms with van der Waals surface area (Å²) in [5.41, 5.74) is 8.00. The average molecular weight is 349 g/mol. The summed E-state index contributed by atoms with van der Waals surface area (Å²) in [7, 11) is 0. The van der Waals surface area contributed by atoms with Gasteiger partial charge in [0.15, 0.2) is 5.78 Å². The second-order valence-corrected chi connectivity index (χ2v) is 7.12. The number of amides is 1. The third kappa shape index (κ3) is 3.41. The predicted octanol–water partition coefficient (Wildman–Crippen LogP) is 2.29. The lowest BCUT2D eigenvalue weighted by molar-refractivity contribution is 0.0909. The Morgan fingerprint density at radius 1 is 0.923 bits per heavy atom. The molecule has 2 aromatic rings. The van der Waals surface area contributed by atoms with E-state index >= 15 is 0 Å². The Morgan fingerprint density at radius 3 is 2.46 bits per heavy atom. The monoisotopic (exact) mass is 349 g/mol. The molecule has 0 aromatic heterocycles. The van der Waals surface area contributed by atoms with Gasteiger partial charge >= 0.3 is 0 Å². The zero-order valence-corrected chi connectivity index (χ0v) is 14.6. The lowest BCUT2D eigenvalue weighted by Gasteiger charge is -2.31. The number of carbonyl (C=O) groups is 2. The summed E-state index contributed by atoms with van der Waals surface area (Å²) in [6, 6.07) is 16.8. The minimum atomic E-state index is -0.160. The predicted molar refractivity (Wildman–Crippen MR) is 99.8 cm³/mol. The molecule has 0 bridgehead atoms. The largest absolute Gasteiger partial charge is 0.349 e. The van der Waals surface area contributed by atoms with Crippen LogP contribution in [0.2, 0.25) is 0 Å². The van der Waals surface area contributed by atoms with E-state index in [0.717, 1.165) is 25.8 Å². The van der Waals surface area contributed by atoms with E-state index in [1.807, 2.05) is 18.2 Å². The standard InChI is InChI=1S/C21H23N3O2/c25-20(14-6-2-1-3-7-14)17-8-4-5-9-18(17)21(26)23-16-10-11-19-15(12-16)13-22-24-19/h1-9,15-16,19,22,24H,10-13H2,(H,23,26). The van der Waals surface area contributed by atoms with Crippen molar-refractivity contribution in [1.29, 1.82) is 0 Å². The van der Waals surface area contributed by atoms with Crippen LogP contribution in [0.15, 0.2) is 54.6 Å². The molecule has 0 radical (unpaired) electrons. The summed E-state index contributed by atoms with van der Waals surface area (Å²) in [6.07, 6.45) is 2.97. The molecule has 134 valence electrons. The number of hydrazine groups is 1. The molecule has 1 aliphatic heterocycles. The fourth-order valence-corrected chi connectivity index (χ4v) is 4.02. The van der Waals surface area contributed by atoms with Gasteiger partial charge in [-0.15, -0.1) is 0 Å². The fourth-order valence-electron chi connectivity index (χ4n) is 4.02. The smallest absolute Gasteiger partial charge is 0.252 e. The summed E-state index contributed by atoms with van der Waals surface area (Å²) in [5.74, 6) is 0.270. The Morgan fingerprint density at radius 2 is 1.65 bits per heavy atom. The Bertz CT molecular complexity index is 806. The first-order chi connectivity index (χ1) is 12.7. The highest BCUT2D eigenvalue weighted by atomic mass is 16.2. The van der Waals surface area contributed by atoms with Gasteiger partial charge in [0.05, 0.1) is 5.56 Å². The Hall–Kier alpha value is -2.50. The molecule has 3 N–H and O–H groups in total. The van der Waals surface area contributed by atoms with Crippen LogP contribution in [0.1, 0.15) is 45.5 Å². The molecule has 3 atom stereocenters. The zero-order valence-electron chi connectivity index (χ0n) is 14.6. The molecule has 5 heteroatoms. The van der Waals surface area contributed by atoms with Gasteiger partial charge in [0.1, 0.15) is 0 Å². The molecule has 1 heterocycles. The normalized spacial score (nSPS) is 24.7. The van der Waals surface area contributed by atoms with Gasteiger partial charge in [0.25, 0.3) is 5.91 Å². The highest BCUT2D eigenvalue weighted by Crippen LogP contribution is 2.27. The first kappa shape index (κ1) is 16.9. The molecule has 1 saturated carbocycles.